The molecule has 0 heterocycles. The molecule has 2 amide bonds. The zero-order valence-electron chi connectivity index (χ0n) is 11.0. The van der Waals surface area contributed by atoms with Crippen molar-refractivity contribution in [3.63, 3.8) is 0 Å². The van der Waals surface area contributed by atoms with E-state index in [1.165, 1.54) is 0 Å². The molecular weight excluding hydrogens is 232 g/mol. The number of carbonyl (C=O) groups is 2. The van der Waals surface area contributed by atoms with Crippen LogP contribution in [0.1, 0.15) is 46.0 Å². The Morgan fingerprint density at radius 3 is 2.39 bits per heavy atom. The molecule has 0 aromatic heterocycles. The molecule has 0 aromatic rings. The number of rotatable bonds is 4. The number of aliphatic carboxylic acids is 1. The summed E-state index contributed by atoms with van der Waals surface area (Å²) in [6, 6.07) is -0.884. The first kappa shape index (κ1) is 13.2. The molecule has 2 atom stereocenters. The maximum absolute atomic E-state index is 11.8. The number of carbonyl (C=O) groups excluding carboxylic acids is 1. The molecule has 0 aliphatic heterocycles. The standard InChI is InChI=1S/C13H22N2O3/c1-13(2)6-5-9(7-13)14-12(18)15-10(11(16)17)8-3-4-8/h8-10H,3-7H2,1-2H3,(H,16,17)(H2,14,15,18). The fourth-order valence-corrected chi connectivity index (χ4v) is 2.74. The van der Waals surface area contributed by atoms with Crippen molar-refractivity contribution in [2.45, 2.75) is 58.0 Å². The molecule has 2 fully saturated rings. The lowest BCUT2D eigenvalue weighted by Gasteiger charge is -2.19. The Bertz CT molecular complexity index is 350. The lowest BCUT2D eigenvalue weighted by molar-refractivity contribution is -0.139. The predicted molar refractivity (Wildman–Crippen MR) is 67.2 cm³/mol. The highest BCUT2D eigenvalue weighted by Crippen LogP contribution is 2.37. The maximum Gasteiger partial charge on any atom is 0.326 e. The largest absolute Gasteiger partial charge is 0.480 e. The SMILES string of the molecule is CC1(C)CCC(NC(=O)NC(C(=O)O)C2CC2)C1. The highest BCUT2D eigenvalue weighted by atomic mass is 16.4. The number of carboxylic acid groups (broad SMARTS) is 1. The quantitative estimate of drug-likeness (QED) is 0.715. The molecule has 2 saturated carbocycles. The third kappa shape index (κ3) is 3.37. The van der Waals surface area contributed by atoms with Gasteiger partial charge in [0.1, 0.15) is 6.04 Å². The van der Waals surface area contributed by atoms with Gasteiger partial charge in [-0.25, -0.2) is 9.59 Å². The summed E-state index contributed by atoms with van der Waals surface area (Å²) in [6.07, 6.45) is 4.83. The van der Waals surface area contributed by atoms with Crippen LogP contribution in [0.2, 0.25) is 0 Å². The lowest BCUT2D eigenvalue weighted by Crippen LogP contribution is -2.49. The molecule has 2 rings (SSSR count). The summed E-state index contributed by atoms with van der Waals surface area (Å²) >= 11 is 0. The van der Waals surface area contributed by atoms with Crippen molar-refractivity contribution in [3.05, 3.63) is 0 Å². The predicted octanol–water partition coefficient (Wildman–Crippen LogP) is 1.73. The lowest BCUT2D eigenvalue weighted by atomic mass is 9.92. The summed E-state index contributed by atoms with van der Waals surface area (Å²) < 4.78 is 0. The van der Waals surface area contributed by atoms with Gasteiger partial charge in [-0.2, -0.15) is 0 Å². The number of urea groups is 1. The van der Waals surface area contributed by atoms with Crippen molar-refractivity contribution in [1.29, 1.82) is 0 Å². The Morgan fingerprint density at radius 2 is 1.94 bits per heavy atom. The topological polar surface area (TPSA) is 78.4 Å². The Kier molecular flexibility index (Phi) is 3.50. The van der Waals surface area contributed by atoms with Crippen LogP contribution in [-0.2, 0) is 4.79 Å². The van der Waals surface area contributed by atoms with Crippen LogP contribution in [0.5, 0.6) is 0 Å². The Balaban J connectivity index is 1.79. The molecule has 0 saturated heterocycles. The van der Waals surface area contributed by atoms with Gasteiger partial charge in [-0.05, 0) is 43.4 Å². The Morgan fingerprint density at radius 1 is 1.28 bits per heavy atom. The third-order valence-electron chi connectivity index (χ3n) is 3.95. The van der Waals surface area contributed by atoms with Crippen LogP contribution >= 0.6 is 0 Å². The number of carboxylic acids is 1. The van der Waals surface area contributed by atoms with Crippen LogP contribution < -0.4 is 10.6 Å². The van der Waals surface area contributed by atoms with Crippen LogP contribution in [0.3, 0.4) is 0 Å². The fraction of sp³-hybridized carbons (Fsp3) is 0.846. The zero-order chi connectivity index (χ0) is 13.3. The molecule has 102 valence electrons. The van der Waals surface area contributed by atoms with Crippen molar-refractivity contribution in [1.82, 2.24) is 10.6 Å². The molecule has 0 radical (unpaired) electrons. The van der Waals surface area contributed by atoms with E-state index in [2.05, 4.69) is 24.5 Å². The maximum atomic E-state index is 11.8. The minimum atomic E-state index is -0.931. The van der Waals surface area contributed by atoms with E-state index < -0.39 is 12.0 Å². The second-order valence-electron chi connectivity index (χ2n) is 6.38. The van der Waals surface area contributed by atoms with Gasteiger partial charge in [0.25, 0.3) is 0 Å². The first-order valence-corrected chi connectivity index (χ1v) is 6.67. The van der Waals surface area contributed by atoms with E-state index in [1.807, 2.05) is 0 Å². The van der Waals surface area contributed by atoms with Crippen molar-refractivity contribution in [2.24, 2.45) is 11.3 Å². The number of hydrogen-bond acceptors (Lipinski definition) is 2. The normalized spacial score (nSPS) is 27.6. The molecule has 5 heteroatoms. The number of nitrogens with one attached hydrogen (secondary N) is 2. The summed E-state index contributed by atoms with van der Waals surface area (Å²) in [5.74, 6) is -0.812. The van der Waals surface area contributed by atoms with E-state index in [9.17, 15) is 9.59 Å². The van der Waals surface area contributed by atoms with E-state index in [0.717, 1.165) is 32.1 Å². The molecule has 2 unspecified atom stereocenters. The summed E-state index contributed by atoms with van der Waals surface area (Å²) in [4.78, 5) is 22.8. The van der Waals surface area contributed by atoms with Gasteiger partial charge in [0.2, 0.25) is 0 Å². The number of hydrogen-bond donors (Lipinski definition) is 3. The molecular formula is C13H22N2O3. The van der Waals surface area contributed by atoms with Gasteiger partial charge in [0, 0.05) is 6.04 Å². The van der Waals surface area contributed by atoms with Crippen LogP contribution in [0.25, 0.3) is 0 Å². The van der Waals surface area contributed by atoms with Gasteiger partial charge in [0.05, 0.1) is 0 Å². The van der Waals surface area contributed by atoms with Gasteiger partial charge in [-0.3, -0.25) is 0 Å². The van der Waals surface area contributed by atoms with Gasteiger partial charge in [0.15, 0.2) is 0 Å². The Labute approximate surface area is 107 Å². The van der Waals surface area contributed by atoms with Crippen molar-refractivity contribution in [3.8, 4) is 0 Å². The van der Waals surface area contributed by atoms with Gasteiger partial charge < -0.3 is 15.7 Å². The average Bonchev–Trinajstić information content (AvgIpc) is 3.01. The molecule has 0 bridgehead atoms. The van der Waals surface area contributed by atoms with Crippen LogP contribution in [-0.4, -0.2) is 29.2 Å². The highest BCUT2D eigenvalue weighted by Gasteiger charge is 2.38. The molecule has 2 aliphatic rings. The van der Waals surface area contributed by atoms with E-state index in [0.29, 0.717) is 0 Å². The molecule has 0 aromatic carbocycles. The second kappa shape index (κ2) is 4.78. The van der Waals surface area contributed by atoms with Crippen LogP contribution in [0, 0.1) is 11.3 Å². The monoisotopic (exact) mass is 254 g/mol. The second-order valence-corrected chi connectivity index (χ2v) is 6.38. The van der Waals surface area contributed by atoms with Crippen molar-refractivity contribution < 1.29 is 14.7 Å². The third-order valence-corrected chi connectivity index (χ3v) is 3.95. The summed E-state index contributed by atoms with van der Waals surface area (Å²) in [7, 11) is 0. The molecule has 3 N–H and O–H groups in total. The van der Waals surface area contributed by atoms with Gasteiger partial charge in [-0.1, -0.05) is 13.8 Å². The van der Waals surface area contributed by atoms with Gasteiger partial charge >= 0.3 is 12.0 Å². The van der Waals surface area contributed by atoms with E-state index in [4.69, 9.17) is 5.11 Å². The smallest absolute Gasteiger partial charge is 0.326 e. The minimum absolute atomic E-state index is 0.119. The van der Waals surface area contributed by atoms with E-state index in [1.54, 1.807) is 0 Å². The average molecular weight is 254 g/mol. The molecule has 0 spiro atoms. The fourth-order valence-electron chi connectivity index (χ4n) is 2.74. The summed E-state index contributed by atoms with van der Waals surface area (Å²) in [5, 5.41) is 14.5. The first-order valence-electron chi connectivity index (χ1n) is 6.67. The highest BCUT2D eigenvalue weighted by molar-refractivity contribution is 5.83. The first-order chi connectivity index (χ1) is 8.37. The molecule has 18 heavy (non-hydrogen) atoms. The minimum Gasteiger partial charge on any atom is -0.480 e. The van der Waals surface area contributed by atoms with Gasteiger partial charge in [-0.15, -0.1) is 0 Å². The van der Waals surface area contributed by atoms with E-state index in [-0.39, 0.29) is 23.4 Å². The summed E-state index contributed by atoms with van der Waals surface area (Å²) in [6.45, 7) is 4.38. The van der Waals surface area contributed by atoms with Crippen LogP contribution in [0.4, 0.5) is 4.79 Å². The number of amides is 2. The zero-order valence-corrected chi connectivity index (χ0v) is 11.0. The Hall–Kier alpha value is -1.26. The summed E-state index contributed by atoms with van der Waals surface area (Å²) in [5.41, 5.74) is 0.278. The molecule has 2 aliphatic carbocycles. The molecule has 5 nitrogen and oxygen atoms in total. The van der Waals surface area contributed by atoms with Crippen molar-refractivity contribution in [2.75, 3.05) is 0 Å². The van der Waals surface area contributed by atoms with Crippen molar-refractivity contribution >= 4 is 12.0 Å². The van der Waals surface area contributed by atoms with Crippen LogP contribution in [0.15, 0.2) is 0 Å². The van der Waals surface area contributed by atoms with E-state index >= 15 is 0 Å².